The van der Waals surface area contributed by atoms with Gasteiger partial charge in [0.15, 0.2) is 0 Å². The average Bonchev–Trinajstić information content (AvgIpc) is 3.07. The zero-order valence-electron chi connectivity index (χ0n) is 20.8. The van der Waals surface area contributed by atoms with Crippen molar-refractivity contribution < 1.29 is 14.3 Å². The minimum absolute atomic E-state index is 0.0221. The first-order chi connectivity index (χ1) is 16.3. The lowest BCUT2D eigenvalue weighted by Crippen LogP contribution is -2.53. The van der Waals surface area contributed by atoms with Gasteiger partial charge in [-0.3, -0.25) is 4.90 Å². The molecule has 1 N–H and O–H groups in total. The monoisotopic (exact) mass is 463 g/mol. The van der Waals surface area contributed by atoms with Gasteiger partial charge in [-0.15, -0.1) is 0 Å². The molecule has 0 radical (unpaired) electrons. The molecule has 3 aliphatic heterocycles. The number of alkyl carbamates (subject to hydrolysis) is 1. The summed E-state index contributed by atoms with van der Waals surface area (Å²) in [5, 5.41) is 3.21. The Labute approximate surface area is 203 Å². The van der Waals surface area contributed by atoms with E-state index in [-0.39, 0.29) is 23.7 Å². The summed E-state index contributed by atoms with van der Waals surface area (Å²) in [5.74, 6) is 1.64. The number of fused-ring (bicyclic) bond motifs is 4. The van der Waals surface area contributed by atoms with Gasteiger partial charge < -0.3 is 14.8 Å². The third-order valence-electron chi connectivity index (χ3n) is 7.63. The minimum atomic E-state index is -0.282. The second-order valence-electron chi connectivity index (χ2n) is 11.3. The maximum absolute atomic E-state index is 12.9. The van der Waals surface area contributed by atoms with E-state index >= 15 is 0 Å². The van der Waals surface area contributed by atoms with Crippen molar-refractivity contribution in [1.82, 2.24) is 15.2 Å². The van der Waals surface area contributed by atoms with Crippen molar-refractivity contribution >= 4 is 6.09 Å². The first kappa shape index (κ1) is 23.2. The van der Waals surface area contributed by atoms with E-state index in [1.54, 1.807) is 0 Å². The SMILES string of the molecule is CC(C)COc1ccc(-c2ccc3c(c2)CC(C)(C)C3NC(=O)O[C@H]2CN3CCC2CC3)cn1. The highest BCUT2D eigenvalue weighted by Crippen LogP contribution is 2.46. The van der Waals surface area contributed by atoms with E-state index in [0.717, 1.165) is 50.0 Å². The van der Waals surface area contributed by atoms with E-state index in [0.29, 0.717) is 24.3 Å². The summed E-state index contributed by atoms with van der Waals surface area (Å²) in [4.78, 5) is 19.8. The van der Waals surface area contributed by atoms with Crippen LogP contribution in [0.5, 0.6) is 5.88 Å². The van der Waals surface area contributed by atoms with Crippen LogP contribution >= 0.6 is 0 Å². The van der Waals surface area contributed by atoms with Crippen molar-refractivity contribution in [2.75, 3.05) is 26.2 Å². The number of carbonyl (C=O) groups excluding carboxylic acids is 1. The molecule has 4 aliphatic rings. The van der Waals surface area contributed by atoms with Gasteiger partial charge in [0.1, 0.15) is 6.10 Å². The Balaban J connectivity index is 1.27. The third kappa shape index (κ3) is 4.78. The maximum atomic E-state index is 12.9. The highest BCUT2D eigenvalue weighted by atomic mass is 16.6. The largest absolute Gasteiger partial charge is 0.477 e. The number of rotatable bonds is 6. The number of carbonyl (C=O) groups is 1. The molecule has 6 nitrogen and oxygen atoms in total. The summed E-state index contributed by atoms with van der Waals surface area (Å²) >= 11 is 0. The summed E-state index contributed by atoms with van der Waals surface area (Å²) < 4.78 is 11.6. The lowest BCUT2D eigenvalue weighted by Gasteiger charge is -2.44. The molecule has 34 heavy (non-hydrogen) atoms. The second-order valence-corrected chi connectivity index (χ2v) is 11.3. The number of piperidine rings is 3. The first-order valence-corrected chi connectivity index (χ1v) is 12.7. The van der Waals surface area contributed by atoms with Crippen LogP contribution < -0.4 is 10.1 Å². The Hall–Kier alpha value is -2.60. The molecule has 2 atom stereocenters. The van der Waals surface area contributed by atoms with Crippen molar-refractivity contribution in [2.45, 2.75) is 59.1 Å². The normalized spacial score (nSPS) is 26.9. The number of aromatic nitrogens is 1. The Kier molecular flexibility index (Phi) is 6.28. The Morgan fingerprint density at radius 3 is 2.59 bits per heavy atom. The van der Waals surface area contributed by atoms with Crippen LogP contribution in [0.4, 0.5) is 4.79 Å². The Bertz CT molecular complexity index is 1030. The predicted octanol–water partition coefficient (Wildman–Crippen LogP) is 5.23. The predicted molar refractivity (Wildman–Crippen MR) is 133 cm³/mol. The molecular formula is C28H37N3O3. The van der Waals surface area contributed by atoms with Crippen molar-refractivity contribution in [3.05, 3.63) is 47.7 Å². The molecule has 6 rings (SSSR count). The molecular weight excluding hydrogens is 426 g/mol. The molecule has 1 unspecified atom stereocenters. The fourth-order valence-electron chi connectivity index (χ4n) is 5.73. The molecule has 4 heterocycles. The van der Waals surface area contributed by atoms with Gasteiger partial charge in [-0.05, 0) is 72.4 Å². The smallest absolute Gasteiger partial charge is 0.407 e. The topological polar surface area (TPSA) is 63.7 Å². The molecule has 3 fully saturated rings. The molecule has 2 aromatic rings. The van der Waals surface area contributed by atoms with Gasteiger partial charge in [0, 0.05) is 24.4 Å². The van der Waals surface area contributed by atoms with Gasteiger partial charge >= 0.3 is 6.09 Å². The fraction of sp³-hybridized carbons (Fsp3) is 0.571. The van der Waals surface area contributed by atoms with Gasteiger partial charge in [-0.25, -0.2) is 9.78 Å². The summed E-state index contributed by atoms with van der Waals surface area (Å²) in [6.07, 6.45) is 4.79. The number of benzene rings is 1. The zero-order chi connectivity index (χ0) is 23.9. The van der Waals surface area contributed by atoms with Crippen molar-refractivity contribution in [3.63, 3.8) is 0 Å². The summed E-state index contributed by atoms with van der Waals surface area (Å²) in [5.41, 5.74) is 4.57. The molecule has 6 heteroatoms. The van der Waals surface area contributed by atoms with Gasteiger partial charge in [0.2, 0.25) is 5.88 Å². The van der Waals surface area contributed by atoms with Crippen LogP contribution in [0.2, 0.25) is 0 Å². The molecule has 3 saturated heterocycles. The highest BCUT2D eigenvalue weighted by Gasteiger charge is 2.42. The molecule has 1 aliphatic carbocycles. The van der Waals surface area contributed by atoms with Gasteiger partial charge in [0.05, 0.1) is 12.6 Å². The van der Waals surface area contributed by atoms with Crippen LogP contribution in [-0.4, -0.2) is 48.3 Å². The molecule has 0 spiro atoms. The molecule has 0 saturated carbocycles. The number of pyridine rings is 1. The van der Waals surface area contributed by atoms with E-state index in [4.69, 9.17) is 9.47 Å². The van der Waals surface area contributed by atoms with Crippen LogP contribution in [-0.2, 0) is 11.2 Å². The lowest BCUT2D eigenvalue weighted by atomic mass is 9.85. The minimum Gasteiger partial charge on any atom is -0.477 e. The molecule has 1 aromatic carbocycles. The van der Waals surface area contributed by atoms with Crippen molar-refractivity contribution in [3.8, 4) is 17.0 Å². The van der Waals surface area contributed by atoms with Crippen LogP contribution in [0.3, 0.4) is 0 Å². The molecule has 2 bridgehead atoms. The van der Waals surface area contributed by atoms with E-state index in [2.05, 4.69) is 67.2 Å². The third-order valence-corrected chi connectivity index (χ3v) is 7.63. The molecule has 1 aromatic heterocycles. The number of amides is 1. The first-order valence-electron chi connectivity index (χ1n) is 12.7. The standard InChI is InChI=1S/C28H37N3O3/c1-18(2)17-33-25-8-6-21(15-29-25)20-5-7-23-22(13-20)14-28(3,4)26(23)30-27(32)34-24-16-31-11-9-19(24)10-12-31/h5-8,13,15,18-19,24,26H,9-12,14,16-17H2,1-4H3,(H,30,32)/t24-,26?/m0/s1. The van der Waals surface area contributed by atoms with Crippen LogP contribution in [0.1, 0.15) is 57.7 Å². The van der Waals surface area contributed by atoms with Crippen LogP contribution in [0.25, 0.3) is 11.1 Å². The Morgan fingerprint density at radius 1 is 1.18 bits per heavy atom. The molecule has 1 amide bonds. The second kappa shape index (κ2) is 9.21. The Morgan fingerprint density at radius 2 is 1.94 bits per heavy atom. The number of ether oxygens (including phenoxy) is 2. The van der Waals surface area contributed by atoms with E-state index in [1.165, 1.54) is 11.1 Å². The van der Waals surface area contributed by atoms with E-state index in [9.17, 15) is 4.79 Å². The quantitative estimate of drug-likeness (QED) is 0.636. The summed E-state index contributed by atoms with van der Waals surface area (Å²) in [6, 6.07) is 10.5. The van der Waals surface area contributed by atoms with Gasteiger partial charge in [-0.1, -0.05) is 45.9 Å². The summed E-state index contributed by atoms with van der Waals surface area (Å²) in [6.45, 7) is 12.5. The van der Waals surface area contributed by atoms with Gasteiger partial charge in [0.25, 0.3) is 0 Å². The highest BCUT2D eigenvalue weighted by molar-refractivity contribution is 5.70. The summed E-state index contributed by atoms with van der Waals surface area (Å²) in [7, 11) is 0. The zero-order valence-corrected chi connectivity index (χ0v) is 20.8. The van der Waals surface area contributed by atoms with E-state index in [1.807, 2.05) is 12.3 Å². The number of hydrogen-bond acceptors (Lipinski definition) is 5. The number of nitrogens with zero attached hydrogens (tertiary/aromatic N) is 2. The average molecular weight is 464 g/mol. The van der Waals surface area contributed by atoms with Crippen LogP contribution in [0.15, 0.2) is 36.5 Å². The lowest BCUT2D eigenvalue weighted by molar-refractivity contribution is -0.0348. The number of hydrogen-bond donors (Lipinski definition) is 1. The van der Waals surface area contributed by atoms with Crippen molar-refractivity contribution in [2.24, 2.45) is 17.3 Å². The fourth-order valence-corrected chi connectivity index (χ4v) is 5.73. The van der Waals surface area contributed by atoms with E-state index < -0.39 is 0 Å². The van der Waals surface area contributed by atoms with Gasteiger partial charge in [-0.2, -0.15) is 0 Å². The van der Waals surface area contributed by atoms with Crippen molar-refractivity contribution in [1.29, 1.82) is 0 Å². The number of nitrogens with one attached hydrogen (secondary N) is 1. The maximum Gasteiger partial charge on any atom is 0.407 e. The van der Waals surface area contributed by atoms with Crippen LogP contribution in [0, 0.1) is 17.3 Å². The molecule has 182 valence electrons.